The highest BCUT2D eigenvalue weighted by Crippen LogP contribution is 2.25. The lowest BCUT2D eigenvalue weighted by molar-refractivity contribution is 0.266. The summed E-state index contributed by atoms with van der Waals surface area (Å²) in [6.07, 6.45) is 15.5. The van der Waals surface area contributed by atoms with Gasteiger partial charge in [-0.3, -0.25) is 4.98 Å². The molecule has 7 heteroatoms. The molecule has 7 nitrogen and oxygen atoms in total. The van der Waals surface area contributed by atoms with Crippen molar-refractivity contribution in [2.75, 3.05) is 27.4 Å². The molecule has 0 fully saturated rings. The molecule has 2 rings (SSSR count). The Balaban J connectivity index is 2.54. The first-order chi connectivity index (χ1) is 16.5. The molecule has 0 saturated carbocycles. The predicted octanol–water partition coefficient (Wildman–Crippen LogP) is 4.83. The summed E-state index contributed by atoms with van der Waals surface area (Å²) in [5, 5.41) is 17.4. The van der Waals surface area contributed by atoms with Crippen LogP contribution in [0.5, 0.6) is 0 Å². The maximum Gasteiger partial charge on any atom is 0.117 e. The summed E-state index contributed by atoms with van der Waals surface area (Å²) in [5.41, 5.74) is 4.49. The lowest BCUT2D eigenvalue weighted by atomic mass is 10.1. The molecule has 1 aromatic heterocycles. The fraction of sp³-hybridized carbons (Fsp3) is 0.296. The van der Waals surface area contributed by atoms with E-state index in [0.717, 1.165) is 34.2 Å². The summed E-state index contributed by atoms with van der Waals surface area (Å²) >= 11 is 0. The molecule has 0 atom stereocenters. The van der Waals surface area contributed by atoms with Gasteiger partial charge in [0.2, 0.25) is 0 Å². The van der Waals surface area contributed by atoms with E-state index in [4.69, 9.17) is 14.9 Å². The molecule has 34 heavy (non-hydrogen) atoms. The van der Waals surface area contributed by atoms with Gasteiger partial charge >= 0.3 is 0 Å². The average Bonchev–Trinajstić information content (AvgIpc) is 3.07. The summed E-state index contributed by atoms with van der Waals surface area (Å²) in [5.74, 6) is 1.53. The van der Waals surface area contributed by atoms with E-state index < -0.39 is 0 Å². The predicted molar refractivity (Wildman–Crippen MR) is 138 cm³/mol. The van der Waals surface area contributed by atoms with E-state index in [1.165, 1.54) is 6.21 Å². The van der Waals surface area contributed by atoms with Gasteiger partial charge in [-0.1, -0.05) is 12.7 Å². The van der Waals surface area contributed by atoms with E-state index in [2.05, 4.69) is 21.5 Å². The number of aliphatic hydroxyl groups is 1. The highest BCUT2D eigenvalue weighted by atomic mass is 16.5. The maximum absolute atomic E-state index is 9.52. The number of ether oxygens (including phenoxy) is 2. The SMILES string of the molecule is C=CC(=C\C(=C/C)N(CCCO)C1=CC(OC)=CCC(OC)=C1)/N=C(\C=N)c1ccnc(C)c1. The van der Waals surface area contributed by atoms with Gasteiger partial charge in [0.05, 0.1) is 25.6 Å². The number of nitrogens with one attached hydrogen (secondary N) is 1. The fourth-order valence-corrected chi connectivity index (χ4v) is 3.38. The van der Waals surface area contributed by atoms with Crippen molar-refractivity contribution in [2.24, 2.45) is 4.99 Å². The number of methoxy groups -OCH3 is 2. The Morgan fingerprint density at radius 3 is 2.71 bits per heavy atom. The zero-order chi connectivity index (χ0) is 24.9. The molecule has 0 aromatic carbocycles. The van der Waals surface area contributed by atoms with E-state index in [9.17, 15) is 5.11 Å². The topological polar surface area (TPSA) is 91.0 Å². The van der Waals surface area contributed by atoms with Gasteiger partial charge in [0.15, 0.2) is 0 Å². The summed E-state index contributed by atoms with van der Waals surface area (Å²) < 4.78 is 11.0. The van der Waals surface area contributed by atoms with Crippen LogP contribution in [-0.2, 0) is 9.47 Å². The van der Waals surface area contributed by atoms with Crippen LogP contribution >= 0.6 is 0 Å². The van der Waals surface area contributed by atoms with Gasteiger partial charge < -0.3 is 24.9 Å². The number of aryl methyl sites for hydroxylation is 1. The van der Waals surface area contributed by atoms with Crippen molar-refractivity contribution in [1.82, 2.24) is 9.88 Å². The Labute approximate surface area is 202 Å². The van der Waals surface area contributed by atoms with Crippen molar-refractivity contribution in [3.05, 3.63) is 101 Å². The molecule has 0 bridgehead atoms. The van der Waals surface area contributed by atoms with E-state index in [0.29, 0.717) is 30.8 Å². The minimum absolute atomic E-state index is 0.0596. The first-order valence-electron chi connectivity index (χ1n) is 11.1. The van der Waals surface area contributed by atoms with Crippen molar-refractivity contribution in [3.63, 3.8) is 0 Å². The number of nitrogens with zero attached hydrogens (tertiary/aromatic N) is 3. The van der Waals surface area contributed by atoms with Crippen LogP contribution in [0, 0.1) is 12.3 Å². The van der Waals surface area contributed by atoms with Crippen LogP contribution in [0.1, 0.15) is 31.0 Å². The third-order valence-electron chi connectivity index (χ3n) is 5.14. The third-order valence-corrected chi connectivity index (χ3v) is 5.14. The van der Waals surface area contributed by atoms with E-state index in [1.807, 2.05) is 56.4 Å². The fourth-order valence-electron chi connectivity index (χ4n) is 3.38. The first kappa shape index (κ1) is 26.5. The Morgan fingerprint density at radius 2 is 2.12 bits per heavy atom. The lowest BCUT2D eigenvalue weighted by Crippen LogP contribution is -2.23. The molecule has 1 aliphatic carbocycles. The van der Waals surface area contributed by atoms with Gasteiger partial charge in [-0.15, -0.1) is 0 Å². The maximum atomic E-state index is 9.52. The number of pyridine rings is 1. The monoisotopic (exact) mass is 462 g/mol. The van der Waals surface area contributed by atoms with Crippen LogP contribution in [0.15, 0.2) is 95.0 Å². The van der Waals surface area contributed by atoms with E-state index in [1.54, 1.807) is 26.5 Å². The lowest BCUT2D eigenvalue weighted by Gasteiger charge is -2.27. The summed E-state index contributed by atoms with van der Waals surface area (Å²) in [6.45, 7) is 8.39. The molecular weight excluding hydrogens is 428 g/mol. The zero-order valence-corrected chi connectivity index (χ0v) is 20.4. The molecular formula is C27H34N4O3. The zero-order valence-electron chi connectivity index (χ0n) is 20.4. The van der Waals surface area contributed by atoms with Gasteiger partial charge in [0.1, 0.15) is 11.5 Å². The highest BCUT2D eigenvalue weighted by Gasteiger charge is 2.16. The average molecular weight is 463 g/mol. The van der Waals surface area contributed by atoms with E-state index >= 15 is 0 Å². The van der Waals surface area contributed by atoms with Gasteiger partial charge in [-0.25, -0.2) is 4.99 Å². The standard InChI is InChI=1S/C27H34N4O3/c1-6-22(30-27(19-28)21-11-12-29-20(3)15-21)16-23(7-2)31(13-8-14-32)24-17-25(33-4)9-10-26(18-24)34-5/h6-7,9,11-12,15-19,28,32H,1,8,10,13-14H2,2-5H3/b22-16+,23-7+,28-19?,30-27+. The molecule has 180 valence electrons. The molecule has 0 radical (unpaired) electrons. The van der Waals surface area contributed by atoms with Gasteiger partial charge in [-0.05, 0) is 56.7 Å². The Kier molecular flexibility index (Phi) is 10.7. The van der Waals surface area contributed by atoms with Crippen molar-refractivity contribution < 1.29 is 14.6 Å². The molecule has 2 N–H and O–H groups in total. The molecule has 0 spiro atoms. The van der Waals surface area contributed by atoms with Gasteiger partial charge in [-0.2, -0.15) is 0 Å². The number of allylic oxidation sites excluding steroid dienone is 6. The minimum Gasteiger partial charge on any atom is -0.501 e. The largest absolute Gasteiger partial charge is 0.501 e. The molecule has 1 aliphatic rings. The normalized spacial score (nSPS) is 15.0. The summed E-state index contributed by atoms with van der Waals surface area (Å²) in [6, 6.07) is 3.72. The number of hydrogen-bond acceptors (Lipinski definition) is 7. The Bertz CT molecular complexity index is 1060. The second kappa shape index (κ2) is 13.7. The second-order valence-electron chi connectivity index (χ2n) is 7.44. The van der Waals surface area contributed by atoms with Crippen molar-refractivity contribution in [3.8, 4) is 0 Å². The number of hydrogen-bond donors (Lipinski definition) is 2. The van der Waals surface area contributed by atoms with Crippen LogP contribution < -0.4 is 0 Å². The molecule has 0 aliphatic heterocycles. The molecule has 0 saturated heterocycles. The molecule has 1 heterocycles. The van der Waals surface area contributed by atoms with Crippen LogP contribution in [0.3, 0.4) is 0 Å². The van der Waals surface area contributed by atoms with Crippen molar-refractivity contribution in [1.29, 1.82) is 5.41 Å². The number of aromatic nitrogens is 1. The third kappa shape index (κ3) is 7.42. The van der Waals surface area contributed by atoms with Crippen molar-refractivity contribution in [2.45, 2.75) is 26.7 Å². The van der Waals surface area contributed by atoms with Crippen LogP contribution in [-0.4, -0.2) is 54.3 Å². The minimum atomic E-state index is 0.0596. The molecule has 1 aromatic rings. The summed E-state index contributed by atoms with van der Waals surface area (Å²) in [4.78, 5) is 11.0. The molecule has 0 unspecified atom stereocenters. The quantitative estimate of drug-likeness (QED) is 0.343. The van der Waals surface area contributed by atoms with Crippen LogP contribution in [0.25, 0.3) is 0 Å². The number of aliphatic hydroxyl groups excluding tert-OH is 1. The van der Waals surface area contributed by atoms with Gasteiger partial charge in [0, 0.05) is 60.7 Å². The second-order valence-corrected chi connectivity index (χ2v) is 7.44. The van der Waals surface area contributed by atoms with Crippen molar-refractivity contribution >= 4 is 11.9 Å². The van der Waals surface area contributed by atoms with Crippen LogP contribution in [0.4, 0.5) is 0 Å². The van der Waals surface area contributed by atoms with Crippen LogP contribution in [0.2, 0.25) is 0 Å². The van der Waals surface area contributed by atoms with E-state index in [-0.39, 0.29) is 6.61 Å². The smallest absolute Gasteiger partial charge is 0.117 e. The van der Waals surface area contributed by atoms with Gasteiger partial charge in [0.25, 0.3) is 0 Å². The summed E-state index contributed by atoms with van der Waals surface area (Å²) in [7, 11) is 3.28. The number of aliphatic imine (C=N–C) groups is 1. The Morgan fingerprint density at radius 1 is 1.32 bits per heavy atom. The molecule has 0 amide bonds. The Hall–Kier alpha value is -3.71. The first-order valence-corrected chi connectivity index (χ1v) is 11.1. The number of rotatable bonds is 12. The highest BCUT2D eigenvalue weighted by molar-refractivity contribution is 6.37.